The molecule has 2 N–H and O–H groups in total. The first-order chi connectivity index (χ1) is 14.6. The van der Waals surface area contributed by atoms with Crippen molar-refractivity contribution in [3.63, 3.8) is 0 Å². The Morgan fingerprint density at radius 2 is 2.13 bits per heavy atom. The number of rotatable bonds is 10. The molecule has 0 saturated carbocycles. The summed E-state index contributed by atoms with van der Waals surface area (Å²) in [6, 6.07) is 3.84. The van der Waals surface area contributed by atoms with E-state index in [4.69, 9.17) is 14.1 Å². The van der Waals surface area contributed by atoms with Gasteiger partial charge >= 0.3 is 0 Å². The number of nitrogens with one attached hydrogen (secondary N) is 2. The molecule has 2 aliphatic rings. The largest absolute Gasteiger partial charge is 0.469 e. The van der Waals surface area contributed by atoms with Gasteiger partial charge in [0, 0.05) is 58.8 Å². The third kappa shape index (κ3) is 6.97. The molecule has 3 rings (SSSR count). The third-order valence-corrected chi connectivity index (χ3v) is 7.41. The highest BCUT2D eigenvalue weighted by atomic mass is 32.2. The van der Waals surface area contributed by atoms with E-state index in [1.54, 1.807) is 6.26 Å². The highest BCUT2D eigenvalue weighted by Gasteiger charge is 2.34. The lowest BCUT2D eigenvalue weighted by Gasteiger charge is -2.26. The van der Waals surface area contributed by atoms with Gasteiger partial charge in [-0.25, -0.2) is 13.1 Å². The number of ether oxygens (including phenoxy) is 1. The summed E-state index contributed by atoms with van der Waals surface area (Å²) in [6.07, 6.45) is 4.01. The lowest BCUT2D eigenvalue weighted by molar-refractivity contribution is 0.0377. The van der Waals surface area contributed by atoms with Crippen molar-refractivity contribution in [3.8, 4) is 0 Å². The number of sulfonamides is 1. The maximum absolute atomic E-state index is 12.4. The predicted molar refractivity (Wildman–Crippen MR) is 117 cm³/mol. The summed E-state index contributed by atoms with van der Waals surface area (Å²) >= 11 is 0. The van der Waals surface area contributed by atoms with E-state index in [0.29, 0.717) is 39.1 Å². The Kier molecular flexibility index (Phi) is 8.98. The summed E-state index contributed by atoms with van der Waals surface area (Å²) in [5, 5.41) is 3.01. The summed E-state index contributed by atoms with van der Waals surface area (Å²) in [7, 11) is -3.28. The maximum Gasteiger partial charge on any atom is 0.216 e. The van der Waals surface area contributed by atoms with Gasteiger partial charge in [0.1, 0.15) is 5.76 Å². The van der Waals surface area contributed by atoms with Gasteiger partial charge in [0.25, 0.3) is 0 Å². The van der Waals surface area contributed by atoms with Crippen molar-refractivity contribution >= 4 is 16.0 Å². The topological polar surface area (TPSA) is 99.4 Å². The minimum atomic E-state index is -3.28. The van der Waals surface area contributed by atoms with Crippen LogP contribution >= 0.6 is 0 Å². The Hall–Kier alpha value is -1.62. The summed E-state index contributed by atoms with van der Waals surface area (Å²) in [6.45, 7) is 9.35. The molecule has 0 aliphatic carbocycles. The molecule has 2 fully saturated rings. The second-order valence-corrected chi connectivity index (χ2v) is 9.71. The van der Waals surface area contributed by atoms with Crippen molar-refractivity contribution < 1.29 is 17.6 Å². The first kappa shape index (κ1) is 23.1. The molecule has 0 aromatic carbocycles. The number of hydrogen-bond donors (Lipinski definition) is 2. The highest BCUT2D eigenvalue weighted by molar-refractivity contribution is 7.90. The molecule has 1 atom stereocenters. The Labute approximate surface area is 179 Å². The Bertz CT molecular complexity index is 747. The molecule has 2 aliphatic heterocycles. The zero-order chi connectivity index (χ0) is 21.2. The molecule has 1 aromatic rings. The van der Waals surface area contributed by atoms with Crippen molar-refractivity contribution in [2.45, 2.75) is 31.4 Å². The van der Waals surface area contributed by atoms with E-state index in [9.17, 15) is 8.42 Å². The Morgan fingerprint density at radius 3 is 2.87 bits per heavy atom. The number of furan rings is 1. The molecule has 1 unspecified atom stereocenters. The molecule has 1 aromatic heterocycles. The number of hydrogen-bond acceptors (Lipinski definition) is 6. The summed E-state index contributed by atoms with van der Waals surface area (Å²) in [4.78, 5) is 9.27. The van der Waals surface area contributed by atoms with Crippen LogP contribution in [-0.2, 0) is 21.2 Å². The van der Waals surface area contributed by atoms with Crippen molar-refractivity contribution in [1.82, 2.24) is 19.8 Å². The van der Waals surface area contributed by atoms with Crippen LogP contribution in [0.2, 0.25) is 0 Å². The summed E-state index contributed by atoms with van der Waals surface area (Å²) in [5.74, 6) is 1.71. The number of aliphatic imine (C=N–C) groups is 1. The molecule has 170 valence electrons. The highest BCUT2D eigenvalue weighted by Crippen LogP contribution is 2.16. The van der Waals surface area contributed by atoms with Gasteiger partial charge in [-0.2, -0.15) is 0 Å². The van der Waals surface area contributed by atoms with Crippen molar-refractivity contribution in [3.05, 3.63) is 24.2 Å². The zero-order valence-electron chi connectivity index (χ0n) is 17.9. The molecule has 9 nitrogen and oxygen atoms in total. The van der Waals surface area contributed by atoms with Crippen LogP contribution in [0.3, 0.4) is 0 Å². The van der Waals surface area contributed by atoms with Gasteiger partial charge in [0.2, 0.25) is 10.0 Å². The van der Waals surface area contributed by atoms with E-state index in [1.807, 2.05) is 19.1 Å². The minimum Gasteiger partial charge on any atom is -0.469 e. The average Bonchev–Trinajstić information content (AvgIpc) is 3.43. The molecule has 0 radical (unpaired) electrons. The number of nitrogens with zero attached hydrogens (tertiary/aromatic N) is 3. The number of morpholine rings is 1. The average molecular weight is 442 g/mol. The van der Waals surface area contributed by atoms with E-state index in [-0.39, 0.29) is 0 Å². The van der Waals surface area contributed by atoms with E-state index >= 15 is 0 Å². The number of likely N-dealkylation sites (tertiary alicyclic amines) is 1. The fraction of sp³-hybridized carbons (Fsp3) is 0.750. The van der Waals surface area contributed by atoms with Gasteiger partial charge in [-0.15, -0.1) is 0 Å². The Balaban J connectivity index is 1.54. The fourth-order valence-electron chi connectivity index (χ4n) is 3.82. The molecule has 0 spiro atoms. The second kappa shape index (κ2) is 11.7. The van der Waals surface area contributed by atoms with Crippen LogP contribution < -0.4 is 10.0 Å². The van der Waals surface area contributed by atoms with Gasteiger partial charge in [0.15, 0.2) is 5.96 Å². The van der Waals surface area contributed by atoms with Crippen LogP contribution in [0.1, 0.15) is 25.5 Å². The van der Waals surface area contributed by atoms with E-state index in [2.05, 4.69) is 19.8 Å². The van der Waals surface area contributed by atoms with E-state index < -0.39 is 15.3 Å². The van der Waals surface area contributed by atoms with Crippen LogP contribution in [0.4, 0.5) is 0 Å². The molecular formula is C20H35N5O4S. The van der Waals surface area contributed by atoms with Crippen molar-refractivity contribution in [2.75, 3.05) is 65.6 Å². The molecule has 10 heteroatoms. The molecular weight excluding hydrogens is 406 g/mol. The first-order valence-electron chi connectivity index (χ1n) is 10.9. The SMILES string of the molecule is CCNS(=O)(=O)C1CCN(C(=NCCCN2CCOCC2)NCCc2ccco2)C1. The predicted octanol–water partition coefficient (Wildman–Crippen LogP) is 0.504. The van der Waals surface area contributed by atoms with Crippen LogP contribution in [0.15, 0.2) is 27.8 Å². The van der Waals surface area contributed by atoms with E-state index in [0.717, 1.165) is 57.4 Å². The first-order valence-corrected chi connectivity index (χ1v) is 12.5. The molecule has 0 bridgehead atoms. The van der Waals surface area contributed by atoms with Crippen LogP contribution in [0, 0.1) is 0 Å². The maximum atomic E-state index is 12.4. The van der Waals surface area contributed by atoms with Gasteiger partial charge in [-0.3, -0.25) is 9.89 Å². The normalized spacial score (nSPS) is 21.3. The molecule has 3 heterocycles. The standard InChI is InChI=1S/C20H35N5O4S/c1-2-23-30(26,27)19-7-11-25(17-19)20(22-9-6-18-5-3-14-29-18)21-8-4-10-24-12-15-28-16-13-24/h3,5,14,19,23H,2,4,6-13,15-17H2,1H3,(H,21,22). The van der Waals surface area contributed by atoms with Crippen molar-refractivity contribution in [1.29, 1.82) is 0 Å². The summed E-state index contributed by atoms with van der Waals surface area (Å²) < 4.78 is 38.2. The Morgan fingerprint density at radius 1 is 1.30 bits per heavy atom. The van der Waals surface area contributed by atoms with Crippen LogP contribution in [-0.4, -0.2) is 95.0 Å². The lowest BCUT2D eigenvalue weighted by atomic mass is 10.3. The van der Waals surface area contributed by atoms with Crippen molar-refractivity contribution in [2.24, 2.45) is 4.99 Å². The molecule has 0 amide bonds. The second-order valence-electron chi connectivity index (χ2n) is 7.67. The van der Waals surface area contributed by atoms with Gasteiger partial charge in [0.05, 0.1) is 24.7 Å². The van der Waals surface area contributed by atoms with Gasteiger partial charge < -0.3 is 19.4 Å². The fourth-order valence-corrected chi connectivity index (χ4v) is 5.25. The van der Waals surface area contributed by atoms with Crippen LogP contribution in [0.25, 0.3) is 0 Å². The lowest BCUT2D eigenvalue weighted by Crippen LogP contribution is -2.43. The summed E-state index contributed by atoms with van der Waals surface area (Å²) in [5.41, 5.74) is 0. The quantitative estimate of drug-likeness (QED) is 0.310. The monoisotopic (exact) mass is 441 g/mol. The van der Waals surface area contributed by atoms with Gasteiger partial charge in [-0.1, -0.05) is 6.92 Å². The van der Waals surface area contributed by atoms with Gasteiger partial charge in [-0.05, 0) is 25.0 Å². The third-order valence-electron chi connectivity index (χ3n) is 5.46. The van der Waals surface area contributed by atoms with Crippen LogP contribution in [0.5, 0.6) is 0 Å². The zero-order valence-corrected chi connectivity index (χ0v) is 18.7. The molecule has 2 saturated heterocycles. The smallest absolute Gasteiger partial charge is 0.216 e. The minimum absolute atomic E-state index is 0.400. The molecule has 30 heavy (non-hydrogen) atoms. The number of guanidine groups is 1. The van der Waals surface area contributed by atoms with E-state index in [1.165, 1.54) is 0 Å².